The molecule has 0 saturated heterocycles. The number of aliphatic hydroxyl groups excluding tert-OH is 1. The van der Waals surface area contributed by atoms with E-state index in [0.29, 0.717) is 0 Å². The second-order valence-corrected chi connectivity index (χ2v) is 6.70. The summed E-state index contributed by atoms with van der Waals surface area (Å²) in [6, 6.07) is 6.92. The maximum absolute atomic E-state index is 12.1. The summed E-state index contributed by atoms with van der Waals surface area (Å²) in [5, 5.41) is 13.9. The lowest BCUT2D eigenvalue weighted by atomic mass is 10.2. The molecule has 0 spiro atoms. The number of ether oxygens (including phenoxy) is 2. The molecule has 0 aromatic heterocycles. The van der Waals surface area contributed by atoms with Gasteiger partial charge in [-0.25, -0.2) is 9.59 Å². The smallest absolute Gasteiger partial charge is 0.408 e. The molecule has 1 aromatic rings. The Morgan fingerprint density at radius 3 is 2.27 bits per heavy atom. The minimum atomic E-state index is -1.24. The predicted molar refractivity (Wildman–Crippen MR) is 94.1 cm³/mol. The van der Waals surface area contributed by atoms with Gasteiger partial charge in [-0.15, -0.1) is 0 Å². The number of esters is 1. The average Bonchev–Trinajstić information content (AvgIpc) is 2.56. The monoisotopic (exact) mass is 366 g/mol. The van der Waals surface area contributed by atoms with Crippen molar-refractivity contribution in [1.82, 2.24) is 10.6 Å². The molecule has 0 bridgehead atoms. The third kappa shape index (κ3) is 7.98. The zero-order valence-electron chi connectivity index (χ0n) is 15.4. The summed E-state index contributed by atoms with van der Waals surface area (Å²) < 4.78 is 10.2. The third-order valence-electron chi connectivity index (χ3n) is 3.13. The van der Waals surface area contributed by atoms with E-state index >= 15 is 0 Å². The third-order valence-corrected chi connectivity index (χ3v) is 3.13. The molecule has 26 heavy (non-hydrogen) atoms. The molecule has 8 heteroatoms. The summed E-state index contributed by atoms with van der Waals surface area (Å²) in [6.45, 7) is 5.91. The number of hydrogen-bond acceptors (Lipinski definition) is 6. The van der Waals surface area contributed by atoms with Crippen LogP contribution in [0.3, 0.4) is 0 Å². The highest BCUT2D eigenvalue weighted by atomic mass is 16.6. The van der Waals surface area contributed by atoms with Crippen molar-refractivity contribution < 1.29 is 29.0 Å². The first-order chi connectivity index (χ1) is 12.1. The molecule has 0 unspecified atom stereocenters. The van der Waals surface area contributed by atoms with Gasteiger partial charge in [0, 0.05) is 0 Å². The standard InChI is InChI=1S/C18H26N2O6/c1-12(16(23)25-11-13-8-6-5-7-9-13)19-15(22)14(10-21)20-17(24)26-18(2,3)4/h5-9,12,14,21H,10-11H2,1-4H3,(H,19,22)(H,20,24)/t12-,14-/m0/s1. The minimum absolute atomic E-state index is 0.0828. The number of rotatable bonds is 7. The van der Waals surface area contributed by atoms with E-state index in [4.69, 9.17) is 9.47 Å². The fourth-order valence-electron chi connectivity index (χ4n) is 1.87. The summed E-state index contributed by atoms with van der Waals surface area (Å²) in [5.41, 5.74) is 0.0777. The Kier molecular flexibility index (Phi) is 8.05. The number of alkyl carbamates (subject to hydrolysis) is 1. The number of aliphatic hydroxyl groups is 1. The van der Waals surface area contributed by atoms with Crippen LogP contribution in [0.2, 0.25) is 0 Å². The van der Waals surface area contributed by atoms with Gasteiger partial charge in [0.15, 0.2) is 0 Å². The van der Waals surface area contributed by atoms with Gasteiger partial charge in [-0.1, -0.05) is 30.3 Å². The van der Waals surface area contributed by atoms with Crippen LogP contribution in [-0.4, -0.2) is 47.4 Å². The fourth-order valence-corrected chi connectivity index (χ4v) is 1.87. The highest BCUT2D eigenvalue weighted by Gasteiger charge is 2.26. The Hall–Kier alpha value is -2.61. The number of nitrogens with one attached hydrogen (secondary N) is 2. The van der Waals surface area contributed by atoms with Gasteiger partial charge in [0.05, 0.1) is 6.61 Å². The van der Waals surface area contributed by atoms with Crippen LogP contribution in [0, 0.1) is 0 Å². The van der Waals surface area contributed by atoms with Crippen LogP contribution in [0.25, 0.3) is 0 Å². The van der Waals surface area contributed by atoms with Gasteiger partial charge in [-0.3, -0.25) is 4.79 Å². The number of benzene rings is 1. The molecular weight excluding hydrogens is 340 g/mol. The summed E-state index contributed by atoms with van der Waals surface area (Å²) in [6.07, 6.45) is -0.842. The van der Waals surface area contributed by atoms with E-state index in [1.165, 1.54) is 6.92 Å². The molecule has 0 aliphatic rings. The van der Waals surface area contributed by atoms with Crippen LogP contribution in [0.5, 0.6) is 0 Å². The lowest BCUT2D eigenvalue weighted by molar-refractivity contribution is -0.148. The van der Waals surface area contributed by atoms with Gasteiger partial charge in [0.25, 0.3) is 0 Å². The highest BCUT2D eigenvalue weighted by Crippen LogP contribution is 2.07. The molecule has 0 heterocycles. The lowest BCUT2D eigenvalue weighted by Crippen LogP contribution is -2.53. The van der Waals surface area contributed by atoms with E-state index in [-0.39, 0.29) is 6.61 Å². The molecule has 0 fully saturated rings. The molecule has 0 aliphatic carbocycles. The summed E-state index contributed by atoms with van der Waals surface area (Å²) >= 11 is 0. The maximum atomic E-state index is 12.1. The van der Waals surface area contributed by atoms with Crippen molar-refractivity contribution in [2.45, 2.75) is 52.0 Å². The quantitative estimate of drug-likeness (QED) is 0.623. The van der Waals surface area contributed by atoms with Gasteiger partial charge in [0.1, 0.15) is 24.3 Å². The molecule has 0 radical (unpaired) electrons. The minimum Gasteiger partial charge on any atom is -0.459 e. The van der Waals surface area contributed by atoms with Crippen molar-refractivity contribution in [1.29, 1.82) is 0 Å². The van der Waals surface area contributed by atoms with Crippen LogP contribution in [0.4, 0.5) is 4.79 Å². The number of carbonyl (C=O) groups is 3. The number of amides is 2. The van der Waals surface area contributed by atoms with Crippen molar-refractivity contribution in [3.8, 4) is 0 Å². The zero-order chi connectivity index (χ0) is 19.7. The second-order valence-electron chi connectivity index (χ2n) is 6.70. The summed E-state index contributed by atoms with van der Waals surface area (Å²) in [4.78, 5) is 35.8. The van der Waals surface area contributed by atoms with Crippen LogP contribution < -0.4 is 10.6 Å². The molecule has 1 rings (SSSR count). The van der Waals surface area contributed by atoms with Crippen molar-refractivity contribution in [3.05, 3.63) is 35.9 Å². The van der Waals surface area contributed by atoms with E-state index in [1.807, 2.05) is 30.3 Å². The van der Waals surface area contributed by atoms with E-state index in [1.54, 1.807) is 20.8 Å². The van der Waals surface area contributed by atoms with Crippen molar-refractivity contribution in [3.63, 3.8) is 0 Å². The van der Waals surface area contributed by atoms with Gasteiger partial charge in [-0.05, 0) is 33.3 Å². The maximum Gasteiger partial charge on any atom is 0.408 e. The Labute approximate surface area is 152 Å². The highest BCUT2D eigenvalue weighted by molar-refractivity contribution is 5.89. The molecule has 144 valence electrons. The topological polar surface area (TPSA) is 114 Å². The summed E-state index contributed by atoms with van der Waals surface area (Å²) in [7, 11) is 0. The van der Waals surface area contributed by atoms with E-state index < -0.39 is 42.3 Å². The second kappa shape index (κ2) is 9.76. The fraction of sp³-hybridized carbons (Fsp3) is 0.500. The Morgan fingerprint density at radius 1 is 1.12 bits per heavy atom. The van der Waals surface area contributed by atoms with Crippen molar-refractivity contribution >= 4 is 18.0 Å². The predicted octanol–water partition coefficient (Wildman–Crippen LogP) is 1.12. The van der Waals surface area contributed by atoms with Crippen LogP contribution in [-0.2, 0) is 25.7 Å². The average molecular weight is 366 g/mol. The molecule has 0 aliphatic heterocycles. The molecule has 0 saturated carbocycles. The number of carbonyl (C=O) groups excluding carboxylic acids is 3. The van der Waals surface area contributed by atoms with E-state index in [9.17, 15) is 19.5 Å². The Morgan fingerprint density at radius 2 is 1.73 bits per heavy atom. The Balaban J connectivity index is 2.49. The first kappa shape index (κ1) is 21.4. The lowest BCUT2D eigenvalue weighted by Gasteiger charge is -2.23. The van der Waals surface area contributed by atoms with Crippen LogP contribution >= 0.6 is 0 Å². The molecule has 2 amide bonds. The molecule has 8 nitrogen and oxygen atoms in total. The SMILES string of the molecule is C[C@H](NC(=O)[C@H](CO)NC(=O)OC(C)(C)C)C(=O)OCc1ccccc1. The van der Waals surface area contributed by atoms with Crippen molar-refractivity contribution in [2.24, 2.45) is 0 Å². The molecular formula is C18H26N2O6. The first-order valence-corrected chi connectivity index (χ1v) is 8.23. The Bertz CT molecular complexity index is 612. The van der Waals surface area contributed by atoms with Gasteiger partial charge in [-0.2, -0.15) is 0 Å². The largest absolute Gasteiger partial charge is 0.459 e. The summed E-state index contributed by atoms with van der Waals surface area (Å²) in [5.74, 6) is -1.35. The first-order valence-electron chi connectivity index (χ1n) is 8.23. The van der Waals surface area contributed by atoms with Gasteiger partial charge in [0.2, 0.25) is 5.91 Å². The zero-order valence-corrected chi connectivity index (χ0v) is 15.4. The van der Waals surface area contributed by atoms with E-state index in [0.717, 1.165) is 5.56 Å². The molecule has 3 N–H and O–H groups in total. The normalized spacial score (nSPS) is 13.3. The van der Waals surface area contributed by atoms with Gasteiger partial charge < -0.3 is 25.2 Å². The van der Waals surface area contributed by atoms with Crippen LogP contribution in [0.15, 0.2) is 30.3 Å². The van der Waals surface area contributed by atoms with Gasteiger partial charge >= 0.3 is 12.1 Å². The van der Waals surface area contributed by atoms with Crippen LogP contribution in [0.1, 0.15) is 33.3 Å². The number of hydrogen-bond donors (Lipinski definition) is 3. The molecule has 2 atom stereocenters. The van der Waals surface area contributed by atoms with Crippen molar-refractivity contribution in [2.75, 3.05) is 6.61 Å². The van der Waals surface area contributed by atoms with E-state index in [2.05, 4.69) is 10.6 Å². The molecule has 1 aromatic carbocycles.